The molecule has 0 saturated heterocycles. The second-order valence-electron chi connectivity index (χ2n) is 9.99. The van der Waals surface area contributed by atoms with Crippen LogP contribution in [0.3, 0.4) is 0 Å². The van der Waals surface area contributed by atoms with Crippen LogP contribution in [0.4, 0.5) is 0 Å². The number of benzene rings is 2. The van der Waals surface area contributed by atoms with Crippen molar-refractivity contribution in [2.45, 2.75) is 50.8 Å². The number of hydrogen-bond donors (Lipinski definition) is 0. The van der Waals surface area contributed by atoms with Crippen LogP contribution >= 0.6 is 0 Å². The van der Waals surface area contributed by atoms with Gasteiger partial charge in [-0.3, -0.25) is 4.79 Å². The van der Waals surface area contributed by atoms with Gasteiger partial charge in [-0.2, -0.15) is 0 Å². The summed E-state index contributed by atoms with van der Waals surface area (Å²) in [5, 5.41) is 0. The Labute approximate surface area is 217 Å². The average molecular weight is 516 g/mol. The van der Waals surface area contributed by atoms with E-state index in [-0.39, 0.29) is 23.8 Å². The molecule has 8 heteroatoms. The Morgan fingerprint density at radius 1 is 1.00 bits per heavy atom. The lowest BCUT2D eigenvalue weighted by Gasteiger charge is -2.22. The monoisotopic (exact) mass is 515 g/mol. The van der Waals surface area contributed by atoms with E-state index in [1.54, 1.807) is 45.0 Å². The molecule has 36 heavy (non-hydrogen) atoms. The minimum Gasteiger partial charge on any atom is -0.497 e. The summed E-state index contributed by atoms with van der Waals surface area (Å²) >= 11 is 0. The fourth-order valence-corrected chi connectivity index (χ4v) is 6.42. The number of sulfonamides is 1. The third-order valence-corrected chi connectivity index (χ3v) is 9.32. The molecule has 7 nitrogen and oxygen atoms in total. The molecule has 0 radical (unpaired) electrons. The van der Waals surface area contributed by atoms with E-state index in [9.17, 15) is 13.2 Å². The van der Waals surface area contributed by atoms with Crippen molar-refractivity contribution < 1.29 is 17.9 Å². The van der Waals surface area contributed by atoms with E-state index >= 15 is 0 Å². The molecule has 3 rings (SSSR count). The first kappa shape index (κ1) is 28.2. The van der Waals surface area contributed by atoms with Crippen LogP contribution in [-0.4, -0.2) is 82.9 Å². The summed E-state index contributed by atoms with van der Waals surface area (Å²) in [7, 11) is 3.35. The molecule has 0 aromatic heterocycles. The molecule has 2 aromatic carbocycles. The number of aryl methyl sites for hydroxylation is 3. The fraction of sp³-hybridized carbons (Fsp3) is 0.536. The van der Waals surface area contributed by atoms with Gasteiger partial charge in [-0.05, 0) is 86.5 Å². The Morgan fingerprint density at radius 3 is 2.28 bits per heavy atom. The van der Waals surface area contributed by atoms with Crippen LogP contribution in [-0.2, 0) is 34.1 Å². The summed E-state index contributed by atoms with van der Waals surface area (Å²) < 4.78 is 32.9. The predicted octanol–water partition coefficient (Wildman–Crippen LogP) is 3.44. The number of methoxy groups -OCH3 is 1. The maximum absolute atomic E-state index is 13.2. The molecule has 0 aliphatic carbocycles. The van der Waals surface area contributed by atoms with Gasteiger partial charge < -0.3 is 14.5 Å². The molecular weight excluding hydrogens is 474 g/mol. The highest BCUT2D eigenvalue weighted by Gasteiger charge is 2.26. The third-order valence-electron chi connectivity index (χ3n) is 7.16. The summed E-state index contributed by atoms with van der Waals surface area (Å²) in [5.74, 6) is 0.576. The van der Waals surface area contributed by atoms with Crippen LogP contribution in [0.5, 0.6) is 5.75 Å². The SMILES string of the molecule is COc1cc(C)c(S(=O)(=O)N(C)CCC(=O)N(C)CCCc2ccc3c(c2)CCN(C)CC3)c(C)c1. The number of nitrogens with zero attached hydrogens (tertiary/aromatic N) is 3. The number of fused-ring (bicyclic) bond motifs is 1. The van der Waals surface area contributed by atoms with Crippen molar-refractivity contribution in [3.05, 3.63) is 58.1 Å². The normalized spacial score (nSPS) is 14.4. The van der Waals surface area contributed by atoms with Crippen LogP contribution in [0.15, 0.2) is 35.2 Å². The zero-order valence-corrected chi connectivity index (χ0v) is 23.5. The van der Waals surface area contributed by atoms with Gasteiger partial charge in [0, 0.05) is 46.7 Å². The summed E-state index contributed by atoms with van der Waals surface area (Å²) in [4.78, 5) is 17.1. The first-order valence-electron chi connectivity index (χ1n) is 12.7. The van der Waals surface area contributed by atoms with E-state index in [4.69, 9.17) is 4.74 Å². The number of carbonyl (C=O) groups is 1. The van der Waals surface area contributed by atoms with Crippen LogP contribution in [0, 0.1) is 13.8 Å². The Morgan fingerprint density at radius 2 is 1.64 bits per heavy atom. The van der Waals surface area contributed by atoms with Crippen molar-refractivity contribution in [2.75, 3.05) is 54.4 Å². The molecule has 1 aliphatic rings. The molecule has 1 heterocycles. The van der Waals surface area contributed by atoms with Gasteiger partial charge >= 0.3 is 0 Å². The van der Waals surface area contributed by atoms with Gasteiger partial charge in [0.25, 0.3) is 0 Å². The molecule has 198 valence electrons. The standard InChI is InChI=1S/C28H41N3O4S/c1-21-18-26(35-6)19-22(2)28(21)36(33,34)31(5)17-13-27(32)30(4)14-7-8-23-9-10-24-11-15-29(3)16-12-25(24)20-23/h9-10,18-20H,7-8,11-17H2,1-6H3. The second-order valence-corrected chi connectivity index (χ2v) is 12.0. The maximum Gasteiger partial charge on any atom is 0.243 e. The Balaban J connectivity index is 1.50. The van der Waals surface area contributed by atoms with Gasteiger partial charge in [0.15, 0.2) is 0 Å². The summed E-state index contributed by atoms with van der Waals surface area (Å²) in [5.41, 5.74) is 5.48. The zero-order chi connectivity index (χ0) is 26.5. The van der Waals surface area contributed by atoms with Crippen molar-refractivity contribution >= 4 is 15.9 Å². The molecule has 0 spiro atoms. The highest BCUT2D eigenvalue weighted by Crippen LogP contribution is 2.28. The van der Waals surface area contributed by atoms with Crippen LogP contribution < -0.4 is 4.74 Å². The van der Waals surface area contributed by atoms with Crippen molar-refractivity contribution in [1.29, 1.82) is 0 Å². The molecule has 2 aromatic rings. The molecule has 0 fully saturated rings. The number of hydrogen-bond acceptors (Lipinski definition) is 5. The highest BCUT2D eigenvalue weighted by atomic mass is 32.2. The van der Waals surface area contributed by atoms with Gasteiger partial charge in [-0.1, -0.05) is 18.2 Å². The van der Waals surface area contributed by atoms with Crippen LogP contribution in [0.2, 0.25) is 0 Å². The number of carbonyl (C=O) groups excluding carboxylic acids is 1. The molecule has 0 saturated carbocycles. The van der Waals surface area contributed by atoms with Crippen molar-refractivity contribution in [2.24, 2.45) is 0 Å². The van der Waals surface area contributed by atoms with Crippen LogP contribution in [0.25, 0.3) is 0 Å². The lowest BCUT2D eigenvalue weighted by molar-refractivity contribution is -0.130. The Kier molecular flexibility index (Phi) is 9.55. The topological polar surface area (TPSA) is 70.2 Å². The quantitative estimate of drug-likeness (QED) is 0.485. The van der Waals surface area contributed by atoms with Crippen molar-refractivity contribution in [1.82, 2.24) is 14.1 Å². The van der Waals surface area contributed by atoms with E-state index in [1.807, 2.05) is 0 Å². The van der Waals surface area contributed by atoms with E-state index in [2.05, 4.69) is 30.1 Å². The smallest absolute Gasteiger partial charge is 0.243 e. The van der Waals surface area contributed by atoms with Crippen molar-refractivity contribution in [3.8, 4) is 5.75 Å². The highest BCUT2D eigenvalue weighted by molar-refractivity contribution is 7.89. The zero-order valence-electron chi connectivity index (χ0n) is 22.6. The molecule has 0 atom stereocenters. The first-order chi connectivity index (χ1) is 17.0. The molecule has 0 bridgehead atoms. The molecule has 0 N–H and O–H groups in total. The lowest BCUT2D eigenvalue weighted by Crippen LogP contribution is -2.34. The number of rotatable bonds is 10. The van der Waals surface area contributed by atoms with Gasteiger partial charge in [-0.25, -0.2) is 12.7 Å². The fourth-order valence-electron chi connectivity index (χ4n) is 4.85. The van der Waals surface area contributed by atoms with E-state index < -0.39 is 10.0 Å². The van der Waals surface area contributed by atoms with Gasteiger partial charge in [0.1, 0.15) is 5.75 Å². The molecular formula is C28H41N3O4S. The predicted molar refractivity (Wildman–Crippen MR) is 144 cm³/mol. The lowest BCUT2D eigenvalue weighted by atomic mass is 9.98. The molecule has 0 unspecified atom stereocenters. The number of amides is 1. The number of ether oxygens (including phenoxy) is 1. The van der Waals surface area contributed by atoms with E-state index in [0.29, 0.717) is 23.4 Å². The van der Waals surface area contributed by atoms with Crippen molar-refractivity contribution in [3.63, 3.8) is 0 Å². The van der Waals surface area contributed by atoms with E-state index in [0.717, 1.165) is 38.8 Å². The average Bonchev–Trinajstić information content (AvgIpc) is 3.02. The molecule has 1 amide bonds. The Bertz CT molecular complexity index is 1160. The largest absolute Gasteiger partial charge is 0.497 e. The maximum atomic E-state index is 13.2. The third kappa shape index (κ3) is 6.87. The van der Waals surface area contributed by atoms with Crippen LogP contribution in [0.1, 0.15) is 40.7 Å². The van der Waals surface area contributed by atoms with Gasteiger partial charge in [0.05, 0.1) is 12.0 Å². The minimum atomic E-state index is -3.71. The number of likely N-dealkylation sites (N-methyl/N-ethyl adjacent to an activating group) is 1. The minimum absolute atomic E-state index is 0.0507. The van der Waals surface area contributed by atoms with E-state index in [1.165, 1.54) is 28.0 Å². The van der Waals surface area contributed by atoms with Gasteiger partial charge in [0.2, 0.25) is 15.9 Å². The molecule has 1 aliphatic heterocycles. The summed E-state index contributed by atoms with van der Waals surface area (Å²) in [6, 6.07) is 10.2. The first-order valence-corrected chi connectivity index (χ1v) is 14.1. The van der Waals surface area contributed by atoms with Gasteiger partial charge in [-0.15, -0.1) is 0 Å². The summed E-state index contributed by atoms with van der Waals surface area (Å²) in [6.45, 7) is 6.50. The second kappa shape index (κ2) is 12.2. The Hall–Kier alpha value is -2.42. The summed E-state index contributed by atoms with van der Waals surface area (Å²) in [6.07, 6.45) is 4.13.